The van der Waals surface area contributed by atoms with Gasteiger partial charge in [0.25, 0.3) is 0 Å². The number of carbonyl (C=O) groups excluding carboxylic acids is 2. The van der Waals surface area contributed by atoms with Crippen molar-refractivity contribution in [3.8, 4) is 0 Å². The molecule has 2 rings (SSSR count). The summed E-state index contributed by atoms with van der Waals surface area (Å²) in [6.07, 6.45) is 0. The van der Waals surface area contributed by atoms with Gasteiger partial charge in [-0.3, -0.25) is 9.59 Å². The van der Waals surface area contributed by atoms with Crippen LogP contribution in [0.2, 0.25) is 0 Å². The van der Waals surface area contributed by atoms with Crippen LogP contribution in [0.15, 0.2) is 15.9 Å². The second kappa shape index (κ2) is 4.32. The average Bonchev–Trinajstić information content (AvgIpc) is 2.58. The third kappa shape index (κ3) is 2.57. The maximum Gasteiger partial charge on any atom is 0.242 e. The van der Waals surface area contributed by atoms with Crippen LogP contribution in [0, 0.1) is 0 Å². The second-order valence-electron chi connectivity index (χ2n) is 3.26. The highest BCUT2D eigenvalue weighted by Gasteiger charge is 2.23. The van der Waals surface area contributed by atoms with Gasteiger partial charge in [0.2, 0.25) is 11.8 Å². The molecule has 1 fully saturated rings. The van der Waals surface area contributed by atoms with Gasteiger partial charge in [-0.2, -0.15) is 0 Å². The van der Waals surface area contributed by atoms with Crippen LogP contribution in [0.1, 0.15) is 4.88 Å². The summed E-state index contributed by atoms with van der Waals surface area (Å²) in [5, 5.41) is 4.48. The van der Waals surface area contributed by atoms with Crippen molar-refractivity contribution in [1.82, 2.24) is 10.2 Å². The molecule has 1 aromatic heterocycles. The van der Waals surface area contributed by atoms with Crippen LogP contribution in [-0.2, 0) is 16.1 Å². The van der Waals surface area contributed by atoms with Gasteiger partial charge in [-0.25, -0.2) is 0 Å². The van der Waals surface area contributed by atoms with E-state index in [0.29, 0.717) is 6.54 Å². The molecule has 80 valence electrons. The smallest absolute Gasteiger partial charge is 0.242 e. The minimum atomic E-state index is -0.0924. The number of carbonyl (C=O) groups is 2. The van der Waals surface area contributed by atoms with Gasteiger partial charge in [0.05, 0.1) is 19.6 Å². The van der Waals surface area contributed by atoms with E-state index >= 15 is 0 Å². The summed E-state index contributed by atoms with van der Waals surface area (Å²) in [5.74, 6) is -0.121. The first-order valence-corrected chi connectivity index (χ1v) is 6.10. The lowest BCUT2D eigenvalue weighted by Crippen LogP contribution is -2.50. The Bertz CT molecular complexity index is 405. The lowest BCUT2D eigenvalue weighted by atomic mass is 10.3. The van der Waals surface area contributed by atoms with Crippen molar-refractivity contribution in [2.45, 2.75) is 6.54 Å². The number of piperazine rings is 1. The van der Waals surface area contributed by atoms with Gasteiger partial charge in [0.1, 0.15) is 0 Å². The third-order valence-electron chi connectivity index (χ3n) is 2.09. The van der Waals surface area contributed by atoms with Crippen molar-refractivity contribution in [2.75, 3.05) is 13.1 Å². The first-order chi connectivity index (χ1) is 7.15. The molecule has 0 atom stereocenters. The fourth-order valence-corrected chi connectivity index (χ4v) is 2.84. The Labute approximate surface area is 99.4 Å². The number of thiophene rings is 1. The second-order valence-corrected chi connectivity index (χ2v) is 5.17. The Morgan fingerprint density at radius 2 is 2.33 bits per heavy atom. The quantitative estimate of drug-likeness (QED) is 0.882. The van der Waals surface area contributed by atoms with Crippen molar-refractivity contribution in [3.63, 3.8) is 0 Å². The Balaban J connectivity index is 2.04. The van der Waals surface area contributed by atoms with E-state index in [1.54, 1.807) is 16.2 Å². The molecule has 0 aromatic carbocycles. The molecule has 1 N–H and O–H groups in total. The molecule has 0 radical (unpaired) electrons. The van der Waals surface area contributed by atoms with E-state index in [0.717, 1.165) is 9.35 Å². The van der Waals surface area contributed by atoms with Crippen LogP contribution < -0.4 is 5.32 Å². The number of nitrogens with zero attached hydrogens (tertiary/aromatic N) is 1. The van der Waals surface area contributed by atoms with Gasteiger partial charge >= 0.3 is 0 Å². The molecule has 0 spiro atoms. The van der Waals surface area contributed by atoms with E-state index in [9.17, 15) is 9.59 Å². The van der Waals surface area contributed by atoms with Crippen molar-refractivity contribution in [2.24, 2.45) is 0 Å². The van der Waals surface area contributed by atoms with Crippen molar-refractivity contribution in [1.29, 1.82) is 0 Å². The maximum atomic E-state index is 11.5. The van der Waals surface area contributed by atoms with Crippen LogP contribution in [-0.4, -0.2) is 29.8 Å². The molecule has 0 saturated carbocycles. The van der Waals surface area contributed by atoms with Crippen molar-refractivity contribution >= 4 is 39.1 Å². The summed E-state index contributed by atoms with van der Waals surface area (Å²) in [6.45, 7) is 0.794. The molecular weight excluding hydrogens is 280 g/mol. The predicted molar refractivity (Wildman–Crippen MR) is 60.4 cm³/mol. The maximum absolute atomic E-state index is 11.5. The van der Waals surface area contributed by atoms with Crippen LogP contribution >= 0.6 is 27.3 Å². The van der Waals surface area contributed by atoms with Crippen LogP contribution in [0.25, 0.3) is 0 Å². The predicted octanol–water partition coefficient (Wildman–Crippen LogP) is 0.969. The van der Waals surface area contributed by atoms with Gasteiger partial charge in [-0.1, -0.05) is 0 Å². The number of hydrogen-bond acceptors (Lipinski definition) is 3. The Morgan fingerprint density at radius 3 is 3.00 bits per heavy atom. The highest BCUT2D eigenvalue weighted by molar-refractivity contribution is 9.10. The standard InChI is InChI=1S/C9H9BrN2O2S/c10-6-1-7(15-5-6)3-12-4-8(13)11-2-9(12)14/h1,5H,2-4H2,(H,11,13). The molecule has 2 amide bonds. The highest BCUT2D eigenvalue weighted by Crippen LogP contribution is 2.21. The fourth-order valence-electron chi connectivity index (χ4n) is 1.37. The molecule has 6 heteroatoms. The molecule has 1 saturated heterocycles. The van der Waals surface area contributed by atoms with Crippen LogP contribution in [0.3, 0.4) is 0 Å². The monoisotopic (exact) mass is 288 g/mol. The van der Waals surface area contributed by atoms with E-state index in [1.165, 1.54) is 0 Å². The van der Waals surface area contributed by atoms with E-state index in [-0.39, 0.29) is 24.9 Å². The molecule has 0 bridgehead atoms. The summed E-state index contributed by atoms with van der Waals surface area (Å²) < 4.78 is 1.01. The normalized spacial score (nSPS) is 16.7. The Morgan fingerprint density at radius 1 is 1.53 bits per heavy atom. The van der Waals surface area contributed by atoms with Gasteiger partial charge in [-0.05, 0) is 22.0 Å². The summed E-state index contributed by atoms with van der Waals surface area (Å²) in [6, 6.07) is 1.96. The topological polar surface area (TPSA) is 49.4 Å². The van der Waals surface area contributed by atoms with Crippen LogP contribution in [0.5, 0.6) is 0 Å². The van der Waals surface area contributed by atoms with E-state index < -0.39 is 0 Å². The lowest BCUT2D eigenvalue weighted by molar-refractivity contribution is -0.141. The summed E-state index contributed by atoms with van der Waals surface area (Å²) in [4.78, 5) is 25.2. The molecule has 2 heterocycles. The number of amides is 2. The zero-order valence-electron chi connectivity index (χ0n) is 7.83. The number of halogens is 1. The third-order valence-corrected chi connectivity index (χ3v) is 3.77. The molecule has 0 aliphatic carbocycles. The largest absolute Gasteiger partial charge is 0.345 e. The zero-order valence-corrected chi connectivity index (χ0v) is 10.2. The summed E-state index contributed by atoms with van der Waals surface area (Å²) in [5.41, 5.74) is 0. The van der Waals surface area contributed by atoms with Gasteiger partial charge in [-0.15, -0.1) is 11.3 Å². The number of hydrogen-bond donors (Lipinski definition) is 1. The fraction of sp³-hybridized carbons (Fsp3) is 0.333. The lowest BCUT2D eigenvalue weighted by Gasteiger charge is -2.25. The zero-order chi connectivity index (χ0) is 10.8. The molecule has 1 aliphatic rings. The molecule has 4 nitrogen and oxygen atoms in total. The average molecular weight is 289 g/mol. The van der Waals surface area contributed by atoms with Gasteiger partial charge in [0.15, 0.2) is 0 Å². The Hall–Kier alpha value is -0.880. The van der Waals surface area contributed by atoms with E-state index in [4.69, 9.17) is 0 Å². The summed E-state index contributed by atoms with van der Waals surface area (Å²) >= 11 is 4.93. The summed E-state index contributed by atoms with van der Waals surface area (Å²) in [7, 11) is 0. The van der Waals surface area contributed by atoms with E-state index in [1.807, 2.05) is 11.4 Å². The van der Waals surface area contributed by atoms with Gasteiger partial charge < -0.3 is 10.2 Å². The molecule has 0 unspecified atom stereocenters. The SMILES string of the molecule is O=C1CN(Cc2cc(Br)cs2)C(=O)CN1. The minimum absolute atomic E-state index is 0.0286. The minimum Gasteiger partial charge on any atom is -0.345 e. The molecule has 1 aromatic rings. The van der Waals surface area contributed by atoms with E-state index in [2.05, 4.69) is 21.2 Å². The first-order valence-electron chi connectivity index (χ1n) is 4.42. The molecule has 15 heavy (non-hydrogen) atoms. The molecule has 1 aliphatic heterocycles. The first kappa shape index (κ1) is 10.6. The molecular formula is C9H9BrN2O2S. The van der Waals surface area contributed by atoms with Gasteiger partial charge in [0, 0.05) is 14.7 Å². The van der Waals surface area contributed by atoms with Crippen molar-refractivity contribution in [3.05, 3.63) is 20.8 Å². The highest BCUT2D eigenvalue weighted by atomic mass is 79.9. The van der Waals surface area contributed by atoms with Crippen molar-refractivity contribution < 1.29 is 9.59 Å². The van der Waals surface area contributed by atoms with Crippen LogP contribution in [0.4, 0.5) is 0 Å². The number of nitrogens with one attached hydrogen (secondary N) is 1. The Kier molecular flexibility index (Phi) is 3.06. The number of rotatable bonds is 2.